The predicted octanol–water partition coefficient (Wildman–Crippen LogP) is 2.69. The molecular formula is C18H23NO3. The number of ketones is 1. The highest BCUT2D eigenvalue weighted by Crippen LogP contribution is 2.43. The van der Waals surface area contributed by atoms with Crippen molar-refractivity contribution in [2.45, 2.75) is 31.1 Å². The van der Waals surface area contributed by atoms with Gasteiger partial charge in [0.1, 0.15) is 5.57 Å². The van der Waals surface area contributed by atoms with Gasteiger partial charge in [-0.3, -0.25) is 4.79 Å². The van der Waals surface area contributed by atoms with Crippen LogP contribution in [0, 0.1) is 0 Å². The molecule has 0 saturated heterocycles. The molecule has 1 aromatic carbocycles. The number of ether oxygens (including phenoxy) is 1. The third kappa shape index (κ3) is 3.06. The Morgan fingerprint density at radius 3 is 2.23 bits per heavy atom. The molecule has 1 saturated carbocycles. The molecule has 0 bridgehead atoms. The van der Waals surface area contributed by atoms with Gasteiger partial charge >= 0.3 is 5.97 Å². The van der Waals surface area contributed by atoms with Gasteiger partial charge in [-0.25, -0.2) is 4.79 Å². The lowest BCUT2D eigenvalue weighted by Gasteiger charge is -2.29. The van der Waals surface area contributed by atoms with E-state index in [9.17, 15) is 9.59 Å². The summed E-state index contributed by atoms with van der Waals surface area (Å²) in [6.45, 7) is 0. The first-order valence-electron chi connectivity index (χ1n) is 7.58. The van der Waals surface area contributed by atoms with Gasteiger partial charge < -0.3 is 9.64 Å². The Kier molecular flexibility index (Phi) is 5.01. The number of hydrogen-bond acceptors (Lipinski definition) is 4. The van der Waals surface area contributed by atoms with Crippen LogP contribution in [0.2, 0.25) is 0 Å². The highest BCUT2D eigenvalue weighted by atomic mass is 16.5. The molecule has 0 spiro atoms. The summed E-state index contributed by atoms with van der Waals surface area (Å²) in [5.41, 5.74) is 0.515. The summed E-state index contributed by atoms with van der Waals surface area (Å²) < 4.78 is 4.82. The minimum absolute atomic E-state index is 0.123. The second-order valence-electron chi connectivity index (χ2n) is 5.98. The highest BCUT2D eigenvalue weighted by molar-refractivity contribution is 6.21. The second-order valence-corrected chi connectivity index (χ2v) is 5.98. The molecule has 0 radical (unpaired) electrons. The minimum atomic E-state index is -0.600. The van der Waals surface area contributed by atoms with Gasteiger partial charge in [-0.1, -0.05) is 43.2 Å². The van der Waals surface area contributed by atoms with Gasteiger partial charge in [-0.2, -0.15) is 0 Å². The van der Waals surface area contributed by atoms with Crippen LogP contribution in [0.5, 0.6) is 0 Å². The Labute approximate surface area is 131 Å². The zero-order valence-electron chi connectivity index (χ0n) is 13.5. The third-order valence-electron chi connectivity index (χ3n) is 4.26. The first kappa shape index (κ1) is 16.3. The molecule has 0 atom stereocenters. The first-order valence-corrected chi connectivity index (χ1v) is 7.58. The van der Waals surface area contributed by atoms with Crippen molar-refractivity contribution in [1.82, 2.24) is 4.90 Å². The van der Waals surface area contributed by atoms with Crippen LogP contribution in [0.4, 0.5) is 0 Å². The summed E-state index contributed by atoms with van der Waals surface area (Å²) in [6.07, 6.45) is 5.11. The molecule has 1 fully saturated rings. The molecule has 22 heavy (non-hydrogen) atoms. The predicted molar refractivity (Wildman–Crippen MR) is 85.4 cm³/mol. The summed E-state index contributed by atoms with van der Waals surface area (Å²) >= 11 is 0. The molecule has 118 valence electrons. The van der Waals surface area contributed by atoms with E-state index in [1.165, 1.54) is 7.11 Å². The van der Waals surface area contributed by atoms with Gasteiger partial charge in [-0.15, -0.1) is 0 Å². The standard InChI is InChI=1S/C18H23NO3/c1-19(2)13-15(17(21)22-3)16(20)18(11-7-8-12-18)14-9-5-4-6-10-14/h4-6,9-10,13H,7-8,11-12H2,1-3H3/b15-13-. The van der Waals surface area contributed by atoms with E-state index in [1.54, 1.807) is 25.2 Å². The Hall–Kier alpha value is -2.10. The monoisotopic (exact) mass is 301 g/mol. The topological polar surface area (TPSA) is 46.6 Å². The van der Waals surface area contributed by atoms with Crippen LogP contribution in [0.3, 0.4) is 0 Å². The molecule has 1 aromatic rings. The number of hydrogen-bond donors (Lipinski definition) is 0. The maximum Gasteiger partial charge on any atom is 0.343 e. The van der Waals surface area contributed by atoms with Crippen LogP contribution in [-0.2, 0) is 19.7 Å². The van der Waals surface area contributed by atoms with Crippen molar-refractivity contribution in [3.8, 4) is 0 Å². The van der Waals surface area contributed by atoms with Gasteiger partial charge in [-0.05, 0) is 18.4 Å². The Bertz CT molecular complexity index is 569. The van der Waals surface area contributed by atoms with E-state index in [0.717, 1.165) is 31.2 Å². The van der Waals surface area contributed by atoms with Crippen molar-refractivity contribution < 1.29 is 14.3 Å². The number of carbonyl (C=O) groups is 2. The summed E-state index contributed by atoms with van der Waals surface area (Å²) in [4.78, 5) is 27.0. The summed E-state index contributed by atoms with van der Waals surface area (Å²) in [6, 6.07) is 9.78. The molecular weight excluding hydrogens is 278 g/mol. The molecule has 0 N–H and O–H groups in total. The molecule has 0 aliphatic heterocycles. The van der Waals surface area contributed by atoms with E-state index in [2.05, 4.69) is 0 Å². The summed E-state index contributed by atoms with van der Waals surface area (Å²) in [5.74, 6) is -0.697. The molecule has 0 heterocycles. The smallest absolute Gasteiger partial charge is 0.343 e. The van der Waals surface area contributed by atoms with Crippen LogP contribution < -0.4 is 0 Å². The highest BCUT2D eigenvalue weighted by Gasteiger charge is 2.45. The number of nitrogens with zero attached hydrogens (tertiary/aromatic N) is 1. The fraction of sp³-hybridized carbons (Fsp3) is 0.444. The van der Waals surface area contributed by atoms with Crippen LogP contribution in [0.1, 0.15) is 31.2 Å². The molecule has 4 nitrogen and oxygen atoms in total. The zero-order valence-corrected chi connectivity index (χ0v) is 13.5. The number of methoxy groups -OCH3 is 1. The van der Waals surface area contributed by atoms with Crippen molar-refractivity contribution >= 4 is 11.8 Å². The maximum atomic E-state index is 13.2. The molecule has 1 aliphatic carbocycles. The number of carbonyl (C=O) groups excluding carboxylic acids is 2. The number of rotatable bonds is 5. The molecule has 0 amide bonds. The summed E-state index contributed by atoms with van der Waals surface area (Å²) in [7, 11) is 4.89. The third-order valence-corrected chi connectivity index (χ3v) is 4.26. The molecule has 1 aliphatic rings. The number of esters is 1. The first-order chi connectivity index (χ1) is 10.5. The second kappa shape index (κ2) is 6.77. The molecule has 0 aromatic heterocycles. The van der Waals surface area contributed by atoms with Crippen LogP contribution in [-0.4, -0.2) is 37.9 Å². The Morgan fingerprint density at radius 2 is 1.73 bits per heavy atom. The fourth-order valence-electron chi connectivity index (χ4n) is 3.21. The normalized spacial score (nSPS) is 17.1. The Morgan fingerprint density at radius 1 is 1.14 bits per heavy atom. The van der Waals surface area contributed by atoms with E-state index in [-0.39, 0.29) is 11.4 Å². The van der Waals surface area contributed by atoms with E-state index in [0.29, 0.717) is 0 Å². The minimum Gasteiger partial charge on any atom is -0.465 e. The average molecular weight is 301 g/mol. The molecule has 4 heteroatoms. The lowest BCUT2D eigenvalue weighted by atomic mass is 9.73. The quantitative estimate of drug-likeness (QED) is 0.363. The van der Waals surface area contributed by atoms with Crippen LogP contribution in [0.25, 0.3) is 0 Å². The van der Waals surface area contributed by atoms with Gasteiger partial charge in [0.15, 0.2) is 5.78 Å². The summed E-state index contributed by atoms with van der Waals surface area (Å²) in [5, 5.41) is 0. The van der Waals surface area contributed by atoms with Crippen molar-refractivity contribution in [2.24, 2.45) is 0 Å². The van der Waals surface area contributed by atoms with Crippen LogP contribution in [0.15, 0.2) is 42.1 Å². The van der Waals surface area contributed by atoms with E-state index in [4.69, 9.17) is 4.74 Å². The van der Waals surface area contributed by atoms with Crippen LogP contribution >= 0.6 is 0 Å². The largest absolute Gasteiger partial charge is 0.465 e. The Balaban J connectivity index is 2.48. The maximum absolute atomic E-state index is 13.2. The lowest BCUT2D eigenvalue weighted by molar-refractivity contribution is -0.138. The van der Waals surface area contributed by atoms with Crippen molar-refractivity contribution in [3.05, 3.63) is 47.7 Å². The van der Waals surface area contributed by atoms with Crippen molar-refractivity contribution in [1.29, 1.82) is 0 Å². The average Bonchev–Trinajstić information content (AvgIpc) is 3.03. The number of benzene rings is 1. The van der Waals surface area contributed by atoms with Gasteiger partial charge in [0.25, 0.3) is 0 Å². The zero-order chi connectivity index (χ0) is 16.2. The molecule has 2 rings (SSSR count). The lowest BCUT2D eigenvalue weighted by Crippen LogP contribution is -2.37. The van der Waals surface area contributed by atoms with Crippen molar-refractivity contribution in [2.75, 3.05) is 21.2 Å². The number of Topliss-reactive ketones (excluding diaryl/α,β-unsaturated/α-hetero) is 1. The van der Waals surface area contributed by atoms with Gasteiger partial charge in [0.05, 0.1) is 12.5 Å². The van der Waals surface area contributed by atoms with E-state index >= 15 is 0 Å². The van der Waals surface area contributed by atoms with E-state index in [1.807, 2.05) is 30.3 Å². The van der Waals surface area contributed by atoms with Crippen molar-refractivity contribution in [3.63, 3.8) is 0 Å². The fourth-order valence-corrected chi connectivity index (χ4v) is 3.21. The molecule has 0 unspecified atom stereocenters. The van der Waals surface area contributed by atoms with Gasteiger partial charge in [0.2, 0.25) is 0 Å². The van der Waals surface area contributed by atoms with E-state index < -0.39 is 11.4 Å². The SMILES string of the molecule is COC(=O)/C(=C\N(C)C)C(=O)C1(c2ccccc2)CCCC1. The van der Waals surface area contributed by atoms with Gasteiger partial charge in [0, 0.05) is 20.3 Å².